The van der Waals surface area contributed by atoms with Crippen molar-refractivity contribution in [2.24, 2.45) is 0 Å². The molecule has 3 aromatic carbocycles. The van der Waals surface area contributed by atoms with Crippen molar-refractivity contribution in [3.8, 4) is 16.3 Å². The lowest BCUT2D eigenvalue weighted by molar-refractivity contribution is 0.625. The minimum atomic E-state index is -0.336. The minimum Gasteiger partial charge on any atom is -0.340 e. The SMILES string of the molecule is Fc1cccc(-n2ncc3c(Nc4ccc(-c5nnc(Nc6ccccc6)s5)cc4)ncnc32)c1. The molecule has 0 aliphatic rings. The predicted molar refractivity (Wildman–Crippen MR) is 135 cm³/mol. The van der Waals surface area contributed by atoms with Crippen molar-refractivity contribution in [1.82, 2.24) is 29.9 Å². The van der Waals surface area contributed by atoms with E-state index in [1.54, 1.807) is 23.0 Å². The summed E-state index contributed by atoms with van der Waals surface area (Å²) in [5.41, 5.74) is 3.94. The second-order valence-corrected chi connectivity index (χ2v) is 8.58. The van der Waals surface area contributed by atoms with Crippen molar-refractivity contribution in [1.29, 1.82) is 0 Å². The summed E-state index contributed by atoms with van der Waals surface area (Å²) >= 11 is 1.48. The van der Waals surface area contributed by atoms with Gasteiger partial charge in [-0.1, -0.05) is 35.6 Å². The largest absolute Gasteiger partial charge is 0.340 e. The van der Waals surface area contributed by atoms with Crippen molar-refractivity contribution in [3.63, 3.8) is 0 Å². The van der Waals surface area contributed by atoms with E-state index in [2.05, 4.69) is 35.9 Å². The van der Waals surface area contributed by atoms with Crippen LogP contribution in [-0.4, -0.2) is 29.9 Å². The van der Waals surface area contributed by atoms with Gasteiger partial charge in [-0.2, -0.15) is 5.10 Å². The van der Waals surface area contributed by atoms with Gasteiger partial charge < -0.3 is 10.6 Å². The molecule has 0 saturated carbocycles. The summed E-state index contributed by atoms with van der Waals surface area (Å²) in [5, 5.41) is 21.8. The predicted octanol–water partition coefficient (Wildman–Crippen LogP) is 5.96. The first kappa shape index (κ1) is 20.9. The molecule has 6 aromatic rings. The third-order valence-corrected chi connectivity index (χ3v) is 6.15. The smallest absolute Gasteiger partial charge is 0.210 e. The highest BCUT2D eigenvalue weighted by Gasteiger charge is 2.12. The third kappa shape index (κ3) is 4.30. The molecule has 35 heavy (non-hydrogen) atoms. The third-order valence-electron chi connectivity index (χ3n) is 5.26. The van der Waals surface area contributed by atoms with Gasteiger partial charge in [-0.15, -0.1) is 10.2 Å². The number of hydrogen-bond donors (Lipinski definition) is 2. The summed E-state index contributed by atoms with van der Waals surface area (Å²) in [6, 6.07) is 23.9. The molecule has 10 heteroatoms. The number of nitrogens with zero attached hydrogens (tertiary/aromatic N) is 6. The van der Waals surface area contributed by atoms with Crippen molar-refractivity contribution < 1.29 is 4.39 Å². The van der Waals surface area contributed by atoms with Crippen LogP contribution in [0.4, 0.5) is 26.7 Å². The molecule has 0 radical (unpaired) electrons. The number of rotatable bonds is 6. The molecule has 0 bridgehead atoms. The zero-order valence-corrected chi connectivity index (χ0v) is 18.9. The molecular weight excluding hydrogens is 463 g/mol. The van der Waals surface area contributed by atoms with Gasteiger partial charge in [0.05, 0.1) is 17.3 Å². The van der Waals surface area contributed by atoms with Crippen molar-refractivity contribution >= 4 is 44.7 Å². The van der Waals surface area contributed by atoms with E-state index in [0.29, 0.717) is 17.2 Å². The van der Waals surface area contributed by atoms with E-state index in [1.165, 1.54) is 29.8 Å². The number of anilines is 4. The van der Waals surface area contributed by atoms with E-state index in [-0.39, 0.29) is 5.82 Å². The molecule has 0 saturated heterocycles. The van der Waals surface area contributed by atoms with Crippen LogP contribution in [0.3, 0.4) is 0 Å². The second kappa shape index (κ2) is 8.92. The van der Waals surface area contributed by atoms with Crippen LogP contribution in [0.1, 0.15) is 0 Å². The number of para-hydroxylation sites is 1. The molecule has 0 aliphatic carbocycles. The van der Waals surface area contributed by atoms with Gasteiger partial charge in [0.25, 0.3) is 0 Å². The number of hydrogen-bond acceptors (Lipinski definition) is 8. The number of benzene rings is 3. The Labute approximate surface area is 203 Å². The van der Waals surface area contributed by atoms with Crippen LogP contribution >= 0.6 is 11.3 Å². The molecule has 0 unspecified atom stereocenters. The highest BCUT2D eigenvalue weighted by Crippen LogP contribution is 2.30. The van der Waals surface area contributed by atoms with Gasteiger partial charge in [0, 0.05) is 16.9 Å². The molecule has 0 spiro atoms. The maximum atomic E-state index is 13.7. The lowest BCUT2D eigenvalue weighted by Crippen LogP contribution is -2.00. The van der Waals surface area contributed by atoms with Crippen LogP contribution < -0.4 is 10.6 Å². The van der Waals surface area contributed by atoms with Crippen LogP contribution in [0.2, 0.25) is 0 Å². The van der Waals surface area contributed by atoms with E-state index in [9.17, 15) is 4.39 Å². The Hall–Kier alpha value is -4.70. The highest BCUT2D eigenvalue weighted by molar-refractivity contribution is 7.18. The van der Waals surface area contributed by atoms with E-state index in [1.807, 2.05) is 54.6 Å². The maximum Gasteiger partial charge on any atom is 0.210 e. The molecule has 0 atom stereocenters. The number of fused-ring (bicyclic) bond motifs is 1. The molecule has 170 valence electrons. The monoisotopic (exact) mass is 480 g/mol. The topological polar surface area (TPSA) is 93.4 Å². The standard InChI is InChI=1S/C25H17FN8S/c26-17-5-4-8-20(13-17)34-23-21(14-29-34)22(27-15-28-23)30-19-11-9-16(10-12-19)24-32-33-25(35-24)31-18-6-2-1-3-7-18/h1-15H,(H,31,33)(H,27,28,30). The lowest BCUT2D eigenvalue weighted by Gasteiger charge is -2.07. The average Bonchev–Trinajstić information content (AvgIpc) is 3.53. The van der Waals surface area contributed by atoms with Gasteiger partial charge >= 0.3 is 0 Å². The van der Waals surface area contributed by atoms with Gasteiger partial charge in [0.15, 0.2) is 5.65 Å². The number of aromatic nitrogens is 6. The van der Waals surface area contributed by atoms with E-state index < -0.39 is 0 Å². The van der Waals surface area contributed by atoms with Crippen molar-refractivity contribution in [3.05, 3.63) is 97.2 Å². The van der Waals surface area contributed by atoms with Crippen LogP contribution in [-0.2, 0) is 0 Å². The Balaban J connectivity index is 1.22. The molecule has 3 aromatic heterocycles. The molecule has 0 amide bonds. The molecule has 6 rings (SSSR count). The van der Waals surface area contributed by atoms with Gasteiger partial charge in [0.2, 0.25) is 5.13 Å². The summed E-state index contributed by atoms with van der Waals surface area (Å²) in [7, 11) is 0. The molecule has 8 nitrogen and oxygen atoms in total. The van der Waals surface area contributed by atoms with Gasteiger partial charge in [-0.05, 0) is 54.6 Å². The van der Waals surface area contributed by atoms with Crippen molar-refractivity contribution in [2.45, 2.75) is 0 Å². The van der Waals surface area contributed by atoms with Gasteiger partial charge in [-0.3, -0.25) is 0 Å². The van der Waals surface area contributed by atoms with Crippen LogP contribution in [0.5, 0.6) is 0 Å². The van der Waals surface area contributed by atoms with Crippen LogP contribution in [0.15, 0.2) is 91.4 Å². The van der Waals surface area contributed by atoms with E-state index in [0.717, 1.165) is 32.5 Å². The fourth-order valence-electron chi connectivity index (χ4n) is 3.61. The average molecular weight is 481 g/mol. The summed E-state index contributed by atoms with van der Waals surface area (Å²) < 4.78 is 15.3. The fraction of sp³-hybridized carbons (Fsp3) is 0. The Morgan fingerprint density at radius 2 is 1.63 bits per heavy atom. The Morgan fingerprint density at radius 1 is 0.800 bits per heavy atom. The molecular formula is C25H17FN8S. The molecule has 2 N–H and O–H groups in total. The fourth-order valence-corrected chi connectivity index (χ4v) is 4.38. The number of nitrogens with one attached hydrogen (secondary N) is 2. The van der Waals surface area contributed by atoms with Gasteiger partial charge in [0.1, 0.15) is 23.0 Å². The highest BCUT2D eigenvalue weighted by atomic mass is 32.1. The summed E-state index contributed by atoms with van der Waals surface area (Å²) in [5.74, 6) is 0.271. The Morgan fingerprint density at radius 3 is 2.46 bits per heavy atom. The maximum absolute atomic E-state index is 13.7. The van der Waals surface area contributed by atoms with E-state index >= 15 is 0 Å². The molecule has 3 heterocycles. The van der Waals surface area contributed by atoms with E-state index in [4.69, 9.17) is 0 Å². The normalized spacial score (nSPS) is 11.0. The second-order valence-electron chi connectivity index (χ2n) is 7.60. The zero-order chi connectivity index (χ0) is 23.6. The zero-order valence-electron chi connectivity index (χ0n) is 18.1. The summed E-state index contributed by atoms with van der Waals surface area (Å²) in [4.78, 5) is 8.72. The molecule has 0 aliphatic heterocycles. The summed E-state index contributed by atoms with van der Waals surface area (Å²) in [6.45, 7) is 0. The molecule has 0 fully saturated rings. The first-order valence-electron chi connectivity index (χ1n) is 10.7. The Bertz CT molecular complexity index is 1610. The first-order valence-corrected chi connectivity index (χ1v) is 11.5. The van der Waals surface area contributed by atoms with Gasteiger partial charge in [-0.25, -0.2) is 19.0 Å². The van der Waals surface area contributed by atoms with Crippen LogP contribution in [0, 0.1) is 5.82 Å². The lowest BCUT2D eigenvalue weighted by atomic mass is 10.2. The Kier molecular flexibility index (Phi) is 5.32. The summed E-state index contributed by atoms with van der Waals surface area (Å²) in [6.07, 6.45) is 3.12. The first-order chi connectivity index (χ1) is 17.2. The van der Waals surface area contributed by atoms with Crippen molar-refractivity contribution in [2.75, 3.05) is 10.6 Å². The minimum absolute atomic E-state index is 0.336. The van der Waals surface area contributed by atoms with Crippen LogP contribution in [0.25, 0.3) is 27.3 Å². The quantitative estimate of drug-likeness (QED) is 0.304. The number of halogens is 1.